The molecule has 3 aliphatic carbocycles. The lowest BCUT2D eigenvalue weighted by molar-refractivity contribution is 0.195. The van der Waals surface area contributed by atoms with Crippen molar-refractivity contribution in [1.82, 2.24) is 9.97 Å². The summed E-state index contributed by atoms with van der Waals surface area (Å²) in [5.74, 6) is 0. The second-order valence-corrected chi connectivity index (χ2v) is 19.0. The number of fused-ring (bicyclic) bond motifs is 9. The number of aromatic nitrogens is 2. The van der Waals surface area contributed by atoms with Gasteiger partial charge in [0.1, 0.15) is 0 Å². The van der Waals surface area contributed by atoms with E-state index >= 15 is 0 Å². The van der Waals surface area contributed by atoms with Crippen LogP contribution in [0, 0.1) is 13.8 Å². The van der Waals surface area contributed by atoms with Crippen LogP contribution in [0.4, 0.5) is 22.7 Å². The van der Waals surface area contributed by atoms with Gasteiger partial charge in [-0.1, -0.05) is 75.9 Å². The Morgan fingerprint density at radius 3 is 1.30 bits per heavy atom. The van der Waals surface area contributed by atoms with E-state index in [-0.39, 0.29) is 21.9 Å². The molecule has 0 saturated heterocycles. The third kappa shape index (κ3) is 4.79. The summed E-state index contributed by atoms with van der Waals surface area (Å²) in [4.78, 5) is 14.4. The van der Waals surface area contributed by atoms with Crippen molar-refractivity contribution < 1.29 is 0 Å². The highest BCUT2D eigenvalue weighted by atomic mass is 15.3. The first-order chi connectivity index (χ1) is 27.5. The van der Waals surface area contributed by atoms with E-state index < -0.39 is 0 Å². The summed E-state index contributed by atoms with van der Waals surface area (Å²) in [6.07, 6.45) is 14.9. The van der Waals surface area contributed by atoms with Gasteiger partial charge in [-0.25, -0.2) is 0 Å². The summed E-state index contributed by atoms with van der Waals surface area (Å²) in [5.41, 5.74) is 21.5. The number of rotatable bonds is 4. The van der Waals surface area contributed by atoms with Crippen LogP contribution in [-0.4, -0.2) is 21.0 Å². The summed E-state index contributed by atoms with van der Waals surface area (Å²) in [6.45, 7) is 14.3. The van der Waals surface area contributed by atoms with Crippen molar-refractivity contribution in [3.05, 3.63) is 143 Å². The van der Waals surface area contributed by atoms with Crippen LogP contribution >= 0.6 is 0 Å². The van der Waals surface area contributed by atoms with E-state index in [1.807, 2.05) is 12.4 Å². The fourth-order valence-corrected chi connectivity index (χ4v) is 12.5. The van der Waals surface area contributed by atoms with Gasteiger partial charge in [0.2, 0.25) is 0 Å². The molecule has 2 saturated carbocycles. The van der Waals surface area contributed by atoms with Crippen molar-refractivity contribution in [3.63, 3.8) is 0 Å². The highest BCUT2D eigenvalue weighted by Crippen LogP contribution is 2.63. The Labute approximate surface area is 339 Å². The van der Waals surface area contributed by atoms with Crippen LogP contribution in [-0.2, 0) is 17.3 Å². The predicted molar refractivity (Wildman–Crippen MR) is 236 cm³/mol. The van der Waals surface area contributed by atoms with Gasteiger partial charge in [-0.2, -0.15) is 0 Å². The molecule has 2 fully saturated rings. The Hall–Kier alpha value is -5.22. The molecular weight excluding hydrogens is 693 g/mol. The molecule has 2 aliphatic heterocycles. The summed E-state index contributed by atoms with van der Waals surface area (Å²) in [6, 6.07) is 38.1. The van der Waals surface area contributed by atoms with Gasteiger partial charge in [-0.05, 0) is 176 Å². The first-order valence-corrected chi connectivity index (χ1v) is 21.5. The average molecular weight is 747 g/mol. The maximum Gasteiger partial charge on any atom is 0.0517 e. The van der Waals surface area contributed by atoms with E-state index in [9.17, 15) is 0 Å². The van der Waals surface area contributed by atoms with Crippen molar-refractivity contribution in [3.8, 4) is 33.4 Å². The van der Waals surface area contributed by atoms with Gasteiger partial charge in [-0.15, -0.1) is 0 Å². The van der Waals surface area contributed by atoms with E-state index in [2.05, 4.69) is 158 Å². The van der Waals surface area contributed by atoms with E-state index in [0.717, 1.165) is 17.8 Å². The molecule has 11 rings (SSSR count). The highest BCUT2D eigenvalue weighted by Gasteiger charge is 2.59. The Morgan fingerprint density at radius 2 is 0.860 bits per heavy atom. The fraction of sp³-hybridized carbons (Fsp3) is 0.358. The lowest BCUT2D eigenvalue weighted by atomic mass is 9.61. The average Bonchev–Trinajstić information content (AvgIpc) is 3.75. The molecule has 286 valence electrons. The lowest BCUT2D eigenvalue weighted by Crippen LogP contribution is -2.54. The van der Waals surface area contributed by atoms with Crippen LogP contribution in [0.25, 0.3) is 33.4 Å². The van der Waals surface area contributed by atoms with Gasteiger partial charge in [0.25, 0.3) is 0 Å². The third-order valence-electron chi connectivity index (χ3n) is 16.0. The number of pyridine rings is 2. The molecular formula is C53H54N4. The Balaban J connectivity index is 0.974. The second kappa shape index (κ2) is 12.1. The Bertz CT molecular complexity index is 2460. The van der Waals surface area contributed by atoms with Gasteiger partial charge >= 0.3 is 0 Å². The molecule has 0 spiro atoms. The summed E-state index contributed by atoms with van der Waals surface area (Å²) in [7, 11) is 0. The van der Waals surface area contributed by atoms with Crippen LogP contribution < -0.4 is 9.80 Å². The number of aryl methyl sites for hydroxylation is 2. The van der Waals surface area contributed by atoms with E-state index in [1.165, 1.54) is 130 Å². The molecule has 5 aliphatic rings. The number of benzene rings is 4. The van der Waals surface area contributed by atoms with Crippen molar-refractivity contribution in [1.29, 1.82) is 0 Å². The van der Waals surface area contributed by atoms with Gasteiger partial charge in [0.05, 0.1) is 11.1 Å². The summed E-state index contributed by atoms with van der Waals surface area (Å²) < 4.78 is 0. The molecule has 0 amide bonds. The van der Waals surface area contributed by atoms with Crippen LogP contribution in [0.5, 0.6) is 0 Å². The van der Waals surface area contributed by atoms with Gasteiger partial charge in [-0.3, -0.25) is 9.97 Å². The highest BCUT2D eigenvalue weighted by molar-refractivity contribution is 5.87. The summed E-state index contributed by atoms with van der Waals surface area (Å²) in [5, 5.41) is 0. The minimum Gasteiger partial charge on any atom is -0.334 e. The molecule has 4 unspecified atom stereocenters. The second-order valence-electron chi connectivity index (χ2n) is 19.0. The molecule has 4 nitrogen and oxygen atoms in total. The quantitative estimate of drug-likeness (QED) is 0.180. The van der Waals surface area contributed by atoms with Crippen LogP contribution in [0.15, 0.2) is 109 Å². The van der Waals surface area contributed by atoms with Crippen molar-refractivity contribution in [2.45, 2.75) is 121 Å². The zero-order valence-electron chi connectivity index (χ0n) is 34.5. The zero-order chi connectivity index (χ0) is 38.9. The van der Waals surface area contributed by atoms with Crippen LogP contribution in [0.3, 0.4) is 0 Å². The van der Waals surface area contributed by atoms with Crippen molar-refractivity contribution in [2.24, 2.45) is 0 Å². The lowest BCUT2D eigenvalue weighted by Gasteiger charge is -2.50. The van der Waals surface area contributed by atoms with Crippen LogP contribution in [0.1, 0.15) is 113 Å². The molecule has 4 atom stereocenters. The maximum atomic E-state index is 4.55. The molecule has 0 bridgehead atoms. The largest absolute Gasteiger partial charge is 0.334 e. The maximum absolute atomic E-state index is 4.55. The topological polar surface area (TPSA) is 32.3 Å². The normalized spacial score (nSPS) is 26.7. The SMILES string of the molecule is Cc1cc(N2c3ccc(-c4ccc5c(c4)-c4cc(-c6ccc7c(c6)C6(C)CCCCC6(C)N7c6ccnc(C)c6)ccc4C5)cc3C3(C)CCCCC23C)ccn1. The van der Waals surface area contributed by atoms with Crippen LogP contribution in [0.2, 0.25) is 0 Å². The first-order valence-electron chi connectivity index (χ1n) is 21.5. The smallest absolute Gasteiger partial charge is 0.0517 e. The van der Waals surface area contributed by atoms with Crippen molar-refractivity contribution >= 4 is 22.7 Å². The van der Waals surface area contributed by atoms with Crippen molar-refractivity contribution in [2.75, 3.05) is 9.80 Å². The molecule has 0 N–H and O–H groups in total. The van der Waals surface area contributed by atoms with E-state index in [1.54, 1.807) is 0 Å². The molecule has 6 aromatic rings. The molecule has 4 heterocycles. The molecule has 0 radical (unpaired) electrons. The molecule has 4 heteroatoms. The van der Waals surface area contributed by atoms with E-state index in [0.29, 0.717) is 0 Å². The third-order valence-corrected chi connectivity index (χ3v) is 16.0. The number of hydrogen-bond donors (Lipinski definition) is 0. The Kier molecular flexibility index (Phi) is 7.46. The first kappa shape index (κ1) is 35.0. The number of anilines is 4. The standard InChI is InChI=1S/C53H54N4/c1-34-27-42(19-25-54-34)56-48-17-15-38(32-46(48)50(3)21-7-9-23-52(50,56)5)36-11-13-40-29-41-14-12-37(31-45(41)44(40)30-36)39-16-18-49-47(33-39)51(4)22-8-10-24-53(51,6)57(49)43-20-26-55-35(2)28-43/h11-20,25-28,30-33H,7-10,21-24,29H2,1-6H3. The van der Waals surface area contributed by atoms with Gasteiger partial charge < -0.3 is 9.80 Å². The molecule has 2 aromatic heterocycles. The predicted octanol–water partition coefficient (Wildman–Crippen LogP) is 13.5. The zero-order valence-corrected chi connectivity index (χ0v) is 34.5. The summed E-state index contributed by atoms with van der Waals surface area (Å²) >= 11 is 0. The van der Waals surface area contributed by atoms with Gasteiger partial charge in [0, 0.05) is 57.4 Å². The number of hydrogen-bond acceptors (Lipinski definition) is 4. The minimum absolute atomic E-state index is 0.0220. The minimum atomic E-state index is 0.0220. The van der Waals surface area contributed by atoms with Gasteiger partial charge in [0.15, 0.2) is 0 Å². The monoisotopic (exact) mass is 746 g/mol. The van der Waals surface area contributed by atoms with E-state index in [4.69, 9.17) is 0 Å². The fourth-order valence-electron chi connectivity index (χ4n) is 12.5. The Morgan fingerprint density at radius 1 is 0.456 bits per heavy atom. The molecule has 57 heavy (non-hydrogen) atoms. The number of nitrogens with zero attached hydrogens (tertiary/aromatic N) is 4. The molecule has 4 aromatic carbocycles.